The highest BCUT2D eigenvalue weighted by Gasteiger charge is 2.09. The molecule has 0 aromatic heterocycles. The maximum atomic E-state index is 6.01. The predicted octanol–water partition coefficient (Wildman–Crippen LogP) is 3.40. The molecule has 3 nitrogen and oxygen atoms in total. The van der Waals surface area contributed by atoms with Gasteiger partial charge in [-0.2, -0.15) is 0 Å². The van der Waals surface area contributed by atoms with Gasteiger partial charge in [-0.15, -0.1) is 0 Å². The van der Waals surface area contributed by atoms with Gasteiger partial charge in [0.15, 0.2) is 5.75 Å². The van der Waals surface area contributed by atoms with E-state index in [9.17, 15) is 0 Å². The van der Waals surface area contributed by atoms with Crippen LogP contribution in [0.1, 0.15) is 20.3 Å². The highest BCUT2D eigenvalue weighted by atomic mass is 35.5. The maximum absolute atomic E-state index is 6.01. The summed E-state index contributed by atoms with van der Waals surface area (Å²) in [4.78, 5) is 0. The maximum Gasteiger partial charge on any atom is 0.156 e. The SMILES string of the molecule is CC[C@@H](C)[NH2+]CCOCCOc1c(Cl)cc(Cl)cc1Cl. The van der Waals surface area contributed by atoms with Gasteiger partial charge in [0, 0.05) is 5.02 Å². The first-order valence-electron chi connectivity index (χ1n) is 6.73. The van der Waals surface area contributed by atoms with Crippen molar-refractivity contribution in [1.82, 2.24) is 0 Å². The van der Waals surface area contributed by atoms with E-state index in [1.807, 2.05) is 0 Å². The number of benzene rings is 1. The number of halogens is 3. The quantitative estimate of drug-likeness (QED) is 0.699. The summed E-state index contributed by atoms with van der Waals surface area (Å²) in [7, 11) is 0. The van der Waals surface area contributed by atoms with Crippen molar-refractivity contribution >= 4 is 34.8 Å². The second-order valence-corrected chi connectivity index (χ2v) is 5.82. The van der Waals surface area contributed by atoms with E-state index >= 15 is 0 Å². The molecule has 0 aliphatic heterocycles. The number of hydrogen-bond acceptors (Lipinski definition) is 2. The van der Waals surface area contributed by atoms with Gasteiger partial charge in [0.1, 0.15) is 6.61 Å². The molecule has 0 aliphatic rings. The van der Waals surface area contributed by atoms with Gasteiger partial charge in [0.25, 0.3) is 0 Å². The van der Waals surface area contributed by atoms with Crippen LogP contribution in [-0.4, -0.2) is 32.4 Å². The van der Waals surface area contributed by atoms with E-state index in [4.69, 9.17) is 44.3 Å². The Labute approximate surface area is 135 Å². The van der Waals surface area contributed by atoms with Crippen LogP contribution in [0.3, 0.4) is 0 Å². The van der Waals surface area contributed by atoms with Crippen molar-refractivity contribution in [3.8, 4) is 5.75 Å². The average Bonchev–Trinajstić information content (AvgIpc) is 2.39. The van der Waals surface area contributed by atoms with Gasteiger partial charge in [0.2, 0.25) is 0 Å². The minimum absolute atomic E-state index is 0.407. The highest BCUT2D eigenvalue weighted by Crippen LogP contribution is 2.35. The fraction of sp³-hybridized carbons (Fsp3) is 0.571. The van der Waals surface area contributed by atoms with Crippen LogP contribution in [0.2, 0.25) is 15.1 Å². The summed E-state index contributed by atoms with van der Waals surface area (Å²) >= 11 is 17.8. The van der Waals surface area contributed by atoms with Crippen molar-refractivity contribution < 1.29 is 14.8 Å². The first-order chi connectivity index (χ1) is 9.54. The zero-order valence-corrected chi connectivity index (χ0v) is 14.1. The molecule has 6 heteroatoms. The van der Waals surface area contributed by atoms with Crippen molar-refractivity contribution in [3.63, 3.8) is 0 Å². The first kappa shape index (κ1) is 17.9. The first-order valence-corrected chi connectivity index (χ1v) is 7.86. The Morgan fingerprint density at radius 2 is 1.75 bits per heavy atom. The van der Waals surface area contributed by atoms with Crippen LogP contribution in [0, 0.1) is 0 Å². The van der Waals surface area contributed by atoms with Gasteiger partial charge in [-0.1, -0.05) is 41.7 Å². The Balaban J connectivity index is 2.19. The molecule has 0 saturated heterocycles. The number of nitrogens with two attached hydrogens (primary N) is 1. The third-order valence-corrected chi connectivity index (χ3v) is 3.69. The minimum Gasteiger partial charge on any atom is -0.488 e. The summed E-state index contributed by atoms with van der Waals surface area (Å²) in [5, 5.41) is 3.58. The molecular weight excluding hydrogens is 321 g/mol. The van der Waals surface area contributed by atoms with Crippen LogP contribution in [0.4, 0.5) is 0 Å². The zero-order chi connectivity index (χ0) is 15.0. The normalized spacial score (nSPS) is 12.4. The Morgan fingerprint density at radius 3 is 2.35 bits per heavy atom. The van der Waals surface area contributed by atoms with E-state index in [0.717, 1.165) is 13.0 Å². The topological polar surface area (TPSA) is 35.1 Å². The number of hydrogen-bond donors (Lipinski definition) is 1. The van der Waals surface area contributed by atoms with Crippen LogP contribution >= 0.6 is 34.8 Å². The van der Waals surface area contributed by atoms with E-state index in [1.54, 1.807) is 12.1 Å². The average molecular weight is 342 g/mol. The molecule has 0 saturated carbocycles. The van der Waals surface area contributed by atoms with E-state index < -0.39 is 0 Å². The molecule has 0 bridgehead atoms. The Bertz CT molecular complexity index is 392. The Hall–Kier alpha value is -0.190. The molecule has 0 radical (unpaired) electrons. The van der Waals surface area contributed by atoms with E-state index in [-0.39, 0.29) is 0 Å². The lowest BCUT2D eigenvalue weighted by Crippen LogP contribution is -2.90. The van der Waals surface area contributed by atoms with E-state index in [2.05, 4.69) is 19.2 Å². The number of rotatable bonds is 9. The molecule has 0 aliphatic carbocycles. The lowest BCUT2D eigenvalue weighted by molar-refractivity contribution is -0.687. The number of ether oxygens (including phenoxy) is 2. The smallest absolute Gasteiger partial charge is 0.156 e. The predicted molar refractivity (Wildman–Crippen MR) is 84.3 cm³/mol. The summed E-state index contributed by atoms with van der Waals surface area (Å²) in [6.07, 6.45) is 1.16. The summed E-state index contributed by atoms with van der Waals surface area (Å²) < 4.78 is 11.0. The largest absolute Gasteiger partial charge is 0.488 e. The van der Waals surface area contributed by atoms with E-state index in [1.165, 1.54) is 0 Å². The Morgan fingerprint density at radius 1 is 1.10 bits per heavy atom. The minimum atomic E-state index is 0.407. The molecule has 0 fully saturated rings. The third kappa shape index (κ3) is 6.51. The standard InChI is InChI=1S/C14H20Cl3NO2/c1-3-10(2)18-4-5-19-6-7-20-14-12(16)8-11(15)9-13(14)17/h8-10,18H,3-7H2,1-2H3/p+1/t10-/m1/s1. The summed E-state index contributed by atoms with van der Waals surface area (Å²) in [5.41, 5.74) is 0. The highest BCUT2D eigenvalue weighted by molar-refractivity contribution is 6.40. The molecular formula is C14H21Cl3NO2+. The molecule has 20 heavy (non-hydrogen) atoms. The fourth-order valence-electron chi connectivity index (χ4n) is 1.57. The van der Waals surface area contributed by atoms with Gasteiger partial charge >= 0.3 is 0 Å². The van der Waals surface area contributed by atoms with Crippen molar-refractivity contribution in [2.75, 3.05) is 26.4 Å². The summed E-state index contributed by atoms with van der Waals surface area (Å²) in [6, 6.07) is 3.85. The molecule has 1 atom stereocenters. The van der Waals surface area contributed by atoms with Gasteiger partial charge in [0.05, 0.1) is 35.8 Å². The van der Waals surface area contributed by atoms with Crippen molar-refractivity contribution in [2.45, 2.75) is 26.3 Å². The molecule has 0 spiro atoms. The van der Waals surface area contributed by atoms with Crippen LogP contribution in [0.5, 0.6) is 5.75 Å². The molecule has 1 rings (SSSR count). The van der Waals surface area contributed by atoms with E-state index in [0.29, 0.717) is 46.7 Å². The van der Waals surface area contributed by atoms with Gasteiger partial charge < -0.3 is 14.8 Å². The summed E-state index contributed by atoms with van der Waals surface area (Å²) in [6.45, 7) is 6.95. The fourth-order valence-corrected chi connectivity index (χ4v) is 2.50. The number of quaternary nitrogens is 1. The Kier molecular flexibility index (Phi) is 8.66. The second kappa shape index (κ2) is 9.69. The van der Waals surface area contributed by atoms with Gasteiger partial charge in [-0.05, 0) is 25.5 Å². The van der Waals surface area contributed by atoms with Crippen molar-refractivity contribution in [1.29, 1.82) is 0 Å². The molecule has 0 amide bonds. The van der Waals surface area contributed by atoms with Crippen LogP contribution in [-0.2, 0) is 4.74 Å². The molecule has 0 heterocycles. The van der Waals surface area contributed by atoms with Crippen LogP contribution in [0.25, 0.3) is 0 Å². The summed E-state index contributed by atoms with van der Waals surface area (Å²) in [5.74, 6) is 0.451. The molecule has 114 valence electrons. The van der Waals surface area contributed by atoms with Gasteiger partial charge in [-0.3, -0.25) is 0 Å². The monoisotopic (exact) mass is 340 g/mol. The molecule has 2 N–H and O–H groups in total. The van der Waals surface area contributed by atoms with Crippen LogP contribution in [0.15, 0.2) is 12.1 Å². The third-order valence-electron chi connectivity index (χ3n) is 2.91. The van der Waals surface area contributed by atoms with Gasteiger partial charge in [-0.25, -0.2) is 0 Å². The lowest BCUT2D eigenvalue weighted by Gasteiger charge is -2.11. The zero-order valence-electron chi connectivity index (χ0n) is 11.8. The van der Waals surface area contributed by atoms with Crippen molar-refractivity contribution in [3.05, 3.63) is 27.2 Å². The van der Waals surface area contributed by atoms with Crippen LogP contribution < -0.4 is 10.1 Å². The second-order valence-electron chi connectivity index (χ2n) is 4.57. The molecule has 0 unspecified atom stereocenters. The molecule has 1 aromatic rings. The van der Waals surface area contributed by atoms with Crippen molar-refractivity contribution in [2.24, 2.45) is 0 Å². The lowest BCUT2D eigenvalue weighted by atomic mass is 10.3. The molecule has 1 aromatic carbocycles.